The Hall–Kier alpha value is -0.570. The van der Waals surface area contributed by atoms with Crippen molar-refractivity contribution in [2.75, 3.05) is 20.2 Å². The van der Waals surface area contributed by atoms with E-state index in [1.54, 1.807) is 14.0 Å². The lowest BCUT2D eigenvalue weighted by Crippen LogP contribution is -2.28. The maximum Gasteiger partial charge on any atom is 0.222 e. The van der Waals surface area contributed by atoms with Crippen LogP contribution in [-0.2, 0) is 4.79 Å². The normalized spacial score (nSPS) is 7.55. The van der Waals surface area contributed by atoms with E-state index in [1.807, 2.05) is 0 Å². The van der Waals surface area contributed by atoms with E-state index in [4.69, 9.17) is 5.11 Å². The Kier molecular flexibility index (Phi) is 14.4. The second-order valence-corrected chi connectivity index (χ2v) is 1.89. The summed E-state index contributed by atoms with van der Waals surface area (Å²) in [5.41, 5.74) is 0. The fraction of sp³-hybridized carbons (Fsp3) is 0.875. The van der Waals surface area contributed by atoms with Crippen LogP contribution in [0.15, 0.2) is 0 Å². The molecular weight excluding hydrogens is 142 g/mol. The van der Waals surface area contributed by atoms with Crippen LogP contribution in [0.3, 0.4) is 0 Å². The number of hydrogen-bond acceptors (Lipinski definition) is 2. The van der Waals surface area contributed by atoms with Crippen molar-refractivity contribution in [3.05, 3.63) is 0 Å². The van der Waals surface area contributed by atoms with Gasteiger partial charge in [-0.25, -0.2) is 0 Å². The first-order valence-corrected chi connectivity index (χ1v) is 3.07. The molecule has 1 N–H and O–H groups in total. The standard InChI is InChI=1S/C6H13NO2.2CH4/c1-3-6(9)7(2)4-5-8;;/h8H,3-5H2,1-2H3;2*1H4. The summed E-state index contributed by atoms with van der Waals surface area (Å²) in [7, 11) is 1.68. The molecule has 0 aromatic heterocycles. The second kappa shape index (κ2) is 9.43. The Morgan fingerprint density at radius 2 is 1.91 bits per heavy atom. The average Bonchev–Trinajstić information content (AvgIpc) is 1.87. The van der Waals surface area contributed by atoms with Crippen molar-refractivity contribution in [2.24, 2.45) is 0 Å². The van der Waals surface area contributed by atoms with Crippen LogP contribution in [0.25, 0.3) is 0 Å². The Bertz CT molecular complexity index is 94.1. The molecule has 70 valence electrons. The van der Waals surface area contributed by atoms with E-state index < -0.39 is 0 Å². The van der Waals surface area contributed by atoms with Crippen molar-refractivity contribution >= 4 is 5.91 Å². The van der Waals surface area contributed by atoms with Crippen LogP contribution < -0.4 is 0 Å². The molecule has 0 aromatic carbocycles. The number of rotatable bonds is 3. The molecule has 11 heavy (non-hydrogen) atoms. The summed E-state index contributed by atoms with van der Waals surface area (Å²) in [4.78, 5) is 12.2. The molecule has 0 rings (SSSR count). The Morgan fingerprint density at radius 1 is 1.45 bits per heavy atom. The molecule has 0 fully saturated rings. The molecule has 0 atom stereocenters. The van der Waals surface area contributed by atoms with Gasteiger partial charge in [0.2, 0.25) is 5.91 Å². The molecule has 0 spiro atoms. The zero-order valence-electron chi connectivity index (χ0n) is 5.92. The minimum Gasteiger partial charge on any atom is -0.395 e. The number of carbonyl (C=O) groups is 1. The highest BCUT2D eigenvalue weighted by Crippen LogP contribution is 1.86. The lowest BCUT2D eigenvalue weighted by molar-refractivity contribution is -0.129. The smallest absolute Gasteiger partial charge is 0.222 e. The quantitative estimate of drug-likeness (QED) is 0.677. The van der Waals surface area contributed by atoms with Crippen LogP contribution in [0.1, 0.15) is 28.2 Å². The van der Waals surface area contributed by atoms with E-state index in [0.29, 0.717) is 13.0 Å². The van der Waals surface area contributed by atoms with Crippen LogP contribution in [0.4, 0.5) is 0 Å². The Labute approximate surface area is 70.0 Å². The van der Waals surface area contributed by atoms with Gasteiger partial charge in [-0.15, -0.1) is 0 Å². The van der Waals surface area contributed by atoms with Gasteiger partial charge in [0.1, 0.15) is 0 Å². The number of likely N-dealkylation sites (N-methyl/N-ethyl adjacent to an activating group) is 1. The molecule has 3 nitrogen and oxygen atoms in total. The minimum absolute atomic E-state index is 0. The van der Waals surface area contributed by atoms with Crippen molar-refractivity contribution in [1.29, 1.82) is 0 Å². The number of nitrogens with zero attached hydrogens (tertiary/aromatic N) is 1. The first kappa shape index (κ1) is 16.8. The van der Waals surface area contributed by atoms with Crippen molar-refractivity contribution in [3.63, 3.8) is 0 Å². The van der Waals surface area contributed by atoms with Gasteiger partial charge in [-0.05, 0) is 0 Å². The lowest BCUT2D eigenvalue weighted by atomic mass is 10.4. The summed E-state index contributed by atoms with van der Waals surface area (Å²) in [5, 5.41) is 8.39. The summed E-state index contributed by atoms with van der Waals surface area (Å²) >= 11 is 0. The fourth-order valence-electron chi connectivity index (χ4n) is 0.545. The summed E-state index contributed by atoms with van der Waals surface area (Å²) in [6.07, 6.45) is 0.510. The Morgan fingerprint density at radius 3 is 2.18 bits per heavy atom. The van der Waals surface area contributed by atoms with Gasteiger partial charge in [-0.2, -0.15) is 0 Å². The van der Waals surface area contributed by atoms with E-state index >= 15 is 0 Å². The third-order valence-electron chi connectivity index (χ3n) is 1.16. The van der Waals surface area contributed by atoms with E-state index in [1.165, 1.54) is 4.90 Å². The van der Waals surface area contributed by atoms with Gasteiger partial charge in [-0.1, -0.05) is 21.8 Å². The summed E-state index contributed by atoms with van der Waals surface area (Å²) < 4.78 is 0. The van der Waals surface area contributed by atoms with E-state index in [9.17, 15) is 4.79 Å². The van der Waals surface area contributed by atoms with Crippen LogP contribution >= 0.6 is 0 Å². The van der Waals surface area contributed by atoms with Gasteiger partial charge < -0.3 is 10.0 Å². The van der Waals surface area contributed by atoms with Gasteiger partial charge in [0.15, 0.2) is 0 Å². The second-order valence-electron chi connectivity index (χ2n) is 1.89. The molecule has 0 unspecified atom stereocenters. The highest BCUT2D eigenvalue weighted by molar-refractivity contribution is 5.75. The van der Waals surface area contributed by atoms with Gasteiger partial charge in [0.05, 0.1) is 6.61 Å². The van der Waals surface area contributed by atoms with Gasteiger partial charge in [0, 0.05) is 20.0 Å². The first-order chi connectivity index (χ1) is 4.22. The molecule has 0 aliphatic heterocycles. The molecular formula is C8H21NO2. The monoisotopic (exact) mass is 163 g/mol. The number of amides is 1. The van der Waals surface area contributed by atoms with E-state index in [0.717, 1.165) is 0 Å². The maximum absolute atomic E-state index is 10.7. The zero-order chi connectivity index (χ0) is 7.28. The number of aliphatic hydroxyl groups excluding tert-OH is 1. The van der Waals surface area contributed by atoms with Gasteiger partial charge in [-0.3, -0.25) is 4.79 Å². The van der Waals surface area contributed by atoms with Crippen LogP contribution in [-0.4, -0.2) is 36.1 Å². The van der Waals surface area contributed by atoms with Crippen molar-refractivity contribution < 1.29 is 9.90 Å². The van der Waals surface area contributed by atoms with Crippen LogP contribution in [0, 0.1) is 0 Å². The Balaban J connectivity index is -0.000000320. The third kappa shape index (κ3) is 7.33. The maximum atomic E-state index is 10.7. The van der Waals surface area contributed by atoms with E-state index in [2.05, 4.69) is 0 Å². The summed E-state index contributed by atoms with van der Waals surface area (Å²) in [6.45, 7) is 2.28. The third-order valence-corrected chi connectivity index (χ3v) is 1.16. The molecule has 1 amide bonds. The summed E-state index contributed by atoms with van der Waals surface area (Å²) in [5.74, 6) is 0.0732. The fourth-order valence-corrected chi connectivity index (χ4v) is 0.545. The molecule has 0 saturated carbocycles. The molecule has 0 aliphatic carbocycles. The molecule has 0 heterocycles. The molecule has 3 heteroatoms. The molecule has 0 saturated heterocycles. The lowest BCUT2D eigenvalue weighted by Gasteiger charge is -2.13. The predicted molar refractivity (Wildman–Crippen MR) is 48.5 cm³/mol. The van der Waals surface area contributed by atoms with Gasteiger partial charge in [0.25, 0.3) is 0 Å². The number of carbonyl (C=O) groups excluding carboxylic acids is 1. The van der Waals surface area contributed by atoms with Crippen LogP contribution in [0.5, 0.6) is 0 Å². The molecule has 0 radical (unpaired) electrons. The van der Waals surface area contributed by atoms with Crippen LogP contribution in [0.2, 0.25) is 0 Å². The average molecular weight is 163 g/mol. The predicted octanol–water partition coefficient (Wildman–Crippen LogP) is 1.12. The molecule has 0 aromatic rings. The largest absolute Gasteiger partial charge is 0.395 e. The van der Waals surface area contributed by atoms with Gasteiger partial charge >= 0.3 is 0 Å². The van der Waals surface area contributed by atoms with E-state index in [-0.39, 0.29) is 27.4 Å². The topological polar surface area (TPSA) is 40.5 Å². The number of aliphatic hydroxyl groups is 1. The SMILES string of the molecule is C.C.CCC(=O)N(C)CCO. The highest BCUT2D eigenvalue weighted by atomic mass is 16.3. The first-order valence-electron chi connectivity index (χ1n) is 3.07. The highest BCUT2D eigenvalue weighted by Gasteiger charge is 2.02. The molecule has 0 aliphatic rings. The number of hydrogen-bond donors (Lipinski definition) is 1. The van der Waals surface area contributed by atoms with Crippen molar-refractivity contribution in [3.8, 4) is 0 Å². The summed E-state index contributed by atoms with van der Waals surface area (Å²) in [6, 6.07) is 0. The van der Waals surface area contributed by atoms with Crippen molar-refractivity contribution in [2.45, 2.75) is 28.2 Å². The molecule has 0 bridgehead atoms. The minimum atomic E-state index is 0. The van der Waals surface area contributed by atoms with Crippen molar-refractivity contribution in [1.82, 2.24) is 4.90 Å². The zero-order valence-corrected chi connectivity index (χ0v) is 5.92.